The van der Waals surface area contributed by atoms with Gasteiger partial charge < -0.3 is 9.64 Å². The molecule has 0 spiro atoms. The Morgan fingerprint density at radius 1 is 1.19 bits per heavy atom. The van der Waals surface area contributed by atoms with Crippen molar-refractivity contribution < 1.29 is 9.53 Å². The monoisotopic (exact) mass is 297 g/mol. The summed E-state index contributed by atoms with van der Waals surface area (Å²) in [4.78, 5) is 15.0. The lowest BCUT2D eigenvalue weighted by Crippen LogP contribution is -2.09. The second-order valence-electron chi connectivity index (χ2n) is 4.70. The van der Waals surface area contributed by atoms with E-state index in [9.17, 15) is 4.79 Å². The van der Waals surface area contributed by atoms with Gasteiger partial charge in [-0.3, -0.25) is 4.79 Å². The van der Waals surface area contributed by atoms with Crippen molar-refractivity contribution in [2.45, 2.75) is 4.90 Å². The summed E-state index contributed by atoms with van der Waals surface area (Å²) in [5, 5.41) is 1.08. The number of hydrogen-bond acceptors (Lipinski definition) is 4. The lowest BCUT2D eigenvalue weighted by molar-refractivity contribution is -0.111. The van der Waals surface area contributed by atoms with Crippen molar-refractivity contribution in [3.8, 4) is 5.75 Å². The minimum Gasteiger partial charge on any atom is -0.497 e. The maximum absolute atomic E-state index is 11.7. The number of nitrogens with zero attached hydrogens (tertiary/aromatic N) is 1. The molecule has 106 valence electrons. The van der Waals surface area contributed by atoms with E-state index in [0.717, 1.165) is 16.5 Å². The van der Waals surface area contributed by atoms with Gasteiger partial charge >= 0.3 is 0 Å². The normalized spacial score (nSPS) is 20.5. The Balaban J connectivity index is 1.87. The van der Waals surface area contributed by atoms with Crippen LogP contribution in [0.2, 0.25) is 0 Å². The van der Waals surface area contributed by atoms with Gasteiger partial charge in [0.15, 0.2) is 5.78 Å². The maximum Gasteiger partial charge on any atom is 0.185 e. The Morgan fingerprint density at radius 3 is 2.76 bits per heavy atom. The van der Waals surface area contributed by atoms with Crippen LogP contribution in [-0.4, -0.2) is 19.9 Å². The second-order valence-corrected chi connectivity index (χ2v) is 5.77. The molecule has 1 aliphatic carbocycles. The Morgan fingerprint density at radius 2 is 2.00 bits per heavy atom. The number of anilines is 1. The highest BCUT2D eigenvalue weighted by molar-refractivity contribution is 8.03. The molecule has 0 N–H and O–H groups in total. The van der Waals surface area contributed by atoms with Gasteiger partial charge in [0.1, 0.15) is 5.75 Å². The molecule has 0 saturated carbocycles. The van der Waals surface area contributed by atoms with E-state index in [0.29, 0.717) is 5.57 Å². The van der Waals surface area contributed by atoms with Crippen molar-refractivity contribution in [3.63, 3.8) is 0 Å². The van der Waals surface area contributed by atoms with Gasteiger partial charge in [0.2, 0.25) is 0 Å². The van der Waals surface area contributed by atoms with Crippen LogP contribution in [0.15, 0.2) is 70.2 Å². The van der Waals surface area contributed by atoms with E-state index in [1.54, 1.807) is 31.0 Å². The summed E-state index contributed by atoms with van der Waals surface area (Å²) in [7, 11) is 3.68. The van der Waals surface area contributed by atoms with Crippen molar-refractivity contribution in [1.29, 1.82) is 0 Å². The number of carbonyl (C=O) groups excluding carboxylic acids is 1. The molecule has 0 unspecified atom stereocenters. The van der Waals surface area contributed by atoms with E-state index in [2.05, 4.69) is 11.0 Å². The van der Waals surface area contributed by atoms with Crippen molar-refractivity contribution >= 4 is 23.2 Å². The van der Waals surface area contributed by atoms with Crippen LogP contribution in [0, 0.1) is 0 Å². The molecule has 1 aliphatic heterocycles. The van der Waals surface area contributed by atoms with Crippen LogP contribution in [0.4, 0.5) is 5.69 Å². The van der Waals surface area contributed by atoms with Crippen LogP contribution >= 0.6 is 11.8 Å². The average Bonchev–Trinajstić information content (AvgIpc) is 2.82. The Kier molecular flexibility index (Phi) is 3.71. The number of allylic oxidation sites excluding steroid dienone is 7. The van der Waals surface area contributed by atoms with E-state index in [1.165, 1.54) is 4.90 Å². The number of benzene rings is 1. The van der Waals surface area contributed by atoms with Gasteiger partial charge in [-0.05, 0) is 30.4 Å². The number of fused-ring (bicyclic) bond motifs is 1. The van der Waals surface area contributed by atoms with Crippen LogP contribution in [-0.2, 0) is 4.79 Å². The first-order valence-corrected chi connectivity index (χ1v) is 7.41. The molecule has 0 bridgehead atoms. The van der Waals surface area contributed by atoms with E-state index in [4.69, 9.17) is 4.74 Å². The number of ketones is 1. The van der Waals surface area contributed by atoms with Crippen LogP contribution in [0.1, 0.15) is 0 Å². The van der Waals surface area contributed by atoms with Gasteiger partial charge in [-0.15, -0.1) is 0 Å². The first-order valence-electron chi connectivity index (χ1n) is 6.60. The second kappa shape index (κ2) is 5.66. The quantitative estimate of drug-likeness (QED) is 0.779. The van der Waals surface area contributed by atoms with E-state index in [1.807, 2.05) is 43.5 Å². The molecule has 3 rings (SSSR count). The Labute approximate surface area is 128 Å². The van der Waals surface area contributed by atoms with Crippen molar-refractivity contribution in [3.05, 3.63) is 65.3 Å². The molecule has 4 heteroatoms. The summed E-state index contributed by atoms with van der Waals surface area (Å²) >= 11 is 1.69. The lowest BCUT2D eigenvalue weighted by Gasteiger charge is -2.13. The van der Waals surface area contributed by atoms with Gasteiger partial charge in [-0.2, -0.15) is 0 Å². The van der Waals surface area contributed by atoms with Crippen molar-refractivity contribution in [2.75, 3.05) is 19.1 Å². The summed E-state index contributed by atoms with van der Waals surface area (Å²) in [6.45, 7) is 0. The summed E-state index contributed by atoms with van der Waals surface area (Å²) in [5.74, 6) is 0.885. The molecule has 1 aromatic rings. The molecule has 0 saturated heterocycles. The Hall–Kier alpha value is -2.20. The van der Waals surface area contributed by atoms with Gasteiger partial charge in [0, 0.05) is 23.6 Å². The van der Waals surface area contributed by atoms with Crippen molar-refractivity contribution in [1.82, 2.24) is 0 Å². The first-order chi connectivity index (χ1) is 10.2. The van der Waals surface area contributed by atoms with Gasteiger partial charge in [0.25, 0.3) is 0 Å². The van der Waals surface area contributed by atoms with Crippen LogP contribution in [0.25, 0.3) is 0 Å². The zero-order chi connectivity index (χ0) is 14.8. The predicted octanol–water partition coefficient (Wildman–Crippen LogP) is 3.70. The number of carbonyl (C=O) groups is 1. The molecule has 0 radical (unpaired) electrons. The third kappa shape index (κ3) is 2.67. The summed E-state index contributed by atoms with van der Waals surface area (Å²) in [6, 6.07) is 6.03. The van der Waals surface area contributed by atoms with Crippen LogP contribution < -0.4 is 9.64 Å². The van der Waals surface area contributed by atoms with Crippen LogP contribution in [0.3, 0.4) is 0 Å². The number of ether oxygens (including phenoxy) is 1. The van der Waals surface area contributed by atoms with E-state index in [-0.39, 0.29) is 5.78 Å². The number of methoxy groups -OCH3 is 1. The highest BCUT2D eigenvalue weighted by Crippen LogP contribution is 2.46. The van der Waals surface area contributed by atoms with Gasteiger partial charge in [0.05, 0.1) is 17.8 Å². The molecular formula is C17H15NO2S. The predicted molar refractivity (Wildman–Crippen MR) is 86.7 cm³/mol. The minimum atomic E-state index is 0.0409. The summed E-state index contributed by atoms with van der Waals surface area (Å²) < 4.78 is 5.26. The molecule has 2 aliphatic rings. The number of rotatable bonds is 2. The van der Waals surface area contributed by atoms with Crippen LogP contribution in [0.5, 0.6) is 5.75 Å². The first kappa shape index (κ1) is 13.8. The van der Waals surface area contributed by atoms with E-state index < -0.39 is 0 Å². The zero-order valence-corrected chi connectivity index (χ0v) is 12.7. The largest absolute Gasteiger partial charge is 0.497 e. The number of hydrogen-bond donors (Lipinski definition) is 0. The minimum absolute atomic E-state index is 0.0409. The lowest BCUT2D eigenvalue weighted by atomic mass is 10.1. The highest BCUT2D eigenvalue weighted by atomic mass is 32.2. The molecule has 0 amide bonds. The molecular weight excluding hydrogens is 282 g/mol. The SMILES string of the molecule is COc1ccc2c(c1)N(C)/C(=C/C=C1\C=CC=CC1=O)S2. The molecule has 0 fully saturated rings. The summed E-state index contributed by atoms with van der Waals surface area (Å²) in [5.41, 5.74) is 1.82. The standard InChI is InChI=1S/C17H15NO2S/c1-18-14-11-13(20-2)8-9-16(14)21-17(18)10-7-12-5-3-4-6-15(12)19/h3-11H,1-2H3/b12-7+,17-10-. The average molecular weight is 297 g/mol. The third-order valence-corrected chi connectivity index (χ3v) is 4.58. The molecule has 0 atom stereocenters. The maximum atomic E-state index is 11.7. The van der Waals surface area contributed by atoms with Gasteiger partial charge in [-0.1, -0.05) is 30.0 Å². The zero-order valence-electron chi connectivity index (χ0n) is 11.9. The Bertz CT molecular complexity index is 714. The third-order valence-electron chi connectivity index (χ3n) is 3.40. The molecule has 1 aromatic carbocycles. The molecule has 21 heavy (non-hydrogen) atoms. The highest BCUT2D eigenvalue weighted by Gasteiger charge is 2.22. The van der Waals surface area contributed by atoms with Crippen molar-refractivity contribution in [2.24, 2.45) is 0 Å². The fourth-order valence-electron chi connectivity index (χ4n) is 2.20. The fourth-order valence-corrected chi connectivity index (χ4v) is 3.23. The summed E-state index contributed by atoms with van der Waals surface area (Å²) in [6.07, 6.45) is 10.9. The fraction of sp³-hybridized carbons (Fsp3) is 0.118. The topological polar surface area (TPSA) is 29.5 Å². The van der Waals surface area contributed by atoms with E-state index >= 15 is 0 Å². The molecule has 0 aromatic heterocycles. The molecule has 1 heterocycles. The molecule has 3 nitrogen and oxygen atoms in total. The van der Waals surface area contributed by atoms with Gasteiger partial charge in [-0.25, -0.2) is 0 Å². The number of thioether (sulfide) groups is 1. The smallest absolute Gasteiger partial charge is 0.185 e.